The normalized spacial score (nSPS) is 17.0. The second-order valence-corrected chi connectivity index (χ2v) is 7.65. The predicted molar refractivity (Wildman–Crippen MR) is 90.5 cm³/mol. The molecule has 0 unspecified atom stereocenters. The first-order chi connectivity index (χ1) is 11.7. The fraction of sp³-hybridized carbons (Fsp3) is 0.600. The van der Waals surface area contributed by atoms with E-state index >= 15 is 0 Å². The highest BCUT2D eigenvalue weighted by atomic mass is 35.5. The SMILES string of the molecule is Cl.O=S(=O)(c1cccc(COCC(F)(F)C(F)F)c1)N1CCCNCC1. The van der Waals surface area contributed by atoms with Crippen molar-refractivity contribution in [2.45, 2.75) is 30.3 Å². The van der Waals surface area contributed by atoms with Crippen LogP contribution in [0.4, 0.5) is 17.6 Å². The lowest BCUT2D eigenvalue weighted by Crippen LogP contribution is -2.34. The molecular weight excluding hydrogens is 400 g/mol. The Morgan fingerprint density at radius 3 is 2.65 bits per heavy atom. The number of alkyl halides is 4. The topological polar surface area (TPSA) is 58.6 Å². The van der Waals surface area contributed by atoms with Gasteiger partial charge in [-0.25, -0.2) is 17.2 Å². The lowest BCUT2D eigenvalue weighted by Gasteiger charge is -2.20. The van der Waals surface area contributed by atoms with Crippen molar-refractivity contribution in [3.05, 3.63) is 29.8 Å². The minimum Gasteiger partial charge on any atom is -0.370 e. The number of halogens is 5. The van der Waals surface area contributed by atoms with Crippen molar-refractivity contribution in [3.63, 3.8) is 0 Å². The molecule has 1 saturated heterocycles. The van der Waals surface area contributed by atoms with E-state index in [0.717, 1.165) is 6.54 Å². The van der Waals surface area contributed by atoms with Gasteiger partial charge in [0.25, 0.3) is 0 Å². The zero-order chi connectivity index (χ0) is 18.5. The second kappa shape index (κ2) is 9.84. The van der Waals surface area contributed by atoms with Gasteiger partial charge in [0.2, 0.25) is 10.0 Å². The van der Waals surface area contributed by atoms with E-state index in [1.165, 1.54) is 28.6 Å². The summed E-state index contributed by atoms with van der Waals surface area (Å²) in [7, 11) is -3.71. The number of nitrogens with one attached hydrogen (secondary N) is 1. The average Bonchev–Trinajstić information content (AvgIpc) is 2.84. The lowest BCUT2D eigenvalue weighted by atomic mass is 10.2. The molecule has 11 heteroatoms. The molecule has 1 heterocycles. The quantitative estimate of drug-likeness (QED) is 0.689. The molecule has 0 aliphatic carbocycles. The summed E-state index contributed by atoms with van der Waals surface area (Å²) in [5, 5.41) is 3.10. The molecular formula is C15H21ClF4N2O3S. The molecule has 0 saturated carbocycles. The maximum absolute atomic E-state index is 12.8. The van der Waals surface area contributed by atoms with Gasteiger partial charge >= 0.3 is 12.3 Å². The number of sulfonamides is 1. The average molecular weight is 421 g/mol. The van der Waals surface area contributed by atoms with Crippen LogP contribution in [0.5, 0.6) is 0 Å². The van der Waals surface area contributed by atoms with Gasteiger partial charge in [0.1, 0.15) is 6.61 Å². The van der Waals surface area contributed by atoms with Crippen molar-refractivity contribution < 1.29 is 30.7 Å². The first-order valence-corrected chi connectivity index (χ1v) is 9.21. The van der Waals surface area contributed by atoms with Gasteiger partial charge in [0, 0.05) is 19.6 Å². The standard InChI is InChI=1S/C15H20F4N2O3S.ClH/c16-14(17)15(18,19)11-24-10-12-3-1-4-13(9-12)25(22,23)21-7-2-5-20-6-8-21;/h1,3-4,9,14,20H,2,5-8,10-11H2;1H. The number of benzene rings is 1. The zero-order valence-electron chi connectivity index (χ0n) is 13.8. The van der Waals surface area contributed by atoms with Crippen molar-refractivity contribution in [1.82, 2.24) is 9.62 Å². The van der Waals surface area contributed by atoms with E-state index in [-0.39, 0.29) is 23.9 Å². The van der Waals surface area contributed by atoms with Gasteiger partial charge in [-0.05, 0) is 30.7 Å². The maximum Gasteiger partial charge on any atom is 0.330 e. The molecule has 1 aromatic rings. The molecule has 1 N–H and O–H groups in total. The Bertz CT molecular complexity index is 669. The van der Waals surface area contributed by atoms with E-state index in [2.05, 4.69) is 10.1 Å². The predicted octanol–water partition coefficient (Wildman–Crippen LogP) is 2.51. The third kappa shape index (κ3) is 6.05. The van der Waals surface area contributed by atoms with E-state index in [0.29, 0.717) is 31.6 Å². The maximum atomic E-state index is 12.8. The van der Waals surface area contributed by atoms with Crippen LogP contribution < -0.4 is 5.32 Å². The third-order valence-electron chi connectivity index (χ3n) is 3.72. The van der Waals surface area contributed by atoms with Crippen LogP contribution in [0.3, 0.4) is 0 Å². The van der Waals surface area contributed by atoms with E-state index in [1.807, 2.05) is 0 Å². The fourth-order valence-corrected chi connectivity index (χ4v) is 3.92. The molecule has 0 atom stereocenters. The molecule has 26 heavy (non-hydrogen) atoms. The van der Waals surface area contributed by atoms with Gasteiger partial charge in [0.15, 0.2) is 0 Å². The van der Waals surface area contributed by atoms with Crippen molar-refractivity contribution in [3.8, 4) is 0 Å². The van der Waals surface area contributed by atoms with E-state index in [4.69, 9.17) is 0 Å². The van der Waals surface area contributed by atoms with Crippen LogP contribution in [0, 0.1) is 0 Å². The molecule has 2 rings (SSSR count). The summed E-state index contributed by atoms with van der Waals surface area (Å²) in [6.07, 6.45) is -3.12. The molecule has 1 aliphatic rings. The highest BCUT2D eigenvalue weighted by Crippen LogP contribution is 2.24. The molecule has 5 nitrogen and oxygen atoms in total. The Labute approximate surface area is 156 Å². The van der Waals surface area contributed by atoms with Crippen molar-refractivity contribution >= 4 is 22.4 Å². The van der Waals surface area contributed by atoms with Crippen molar-refractivity contribution in [2.75, 3.05) is 32.8 Å². The number of nitrogens with zero attached hydrogens (tertiary/aromatic N) is 1. The highest BCUT2D eigenvalue weighted by Gasteiger charge is 2.40. The first-order valence-electron chi connectivity index (χ1n) is 7.77. The monoisotopic (exact) mass is 420 g/mol. The molecule has 1 fully saturated rings. The molecule has 0 radical (unpaired) electrons. The summed E-state index contributed by atoms with van der Waals surface area (Å²) in [4.78, 5) is 0.0242. The number of hydrogen-bond donors (Lipinski definition) is 1. The van der Waals surface area contributed by atoms with E-state index < -0.39 is 29.0 Å². The minimum atomic E-state index is -4.23. The van der Waals surface area contributed by atoms with Crippen molar-refractivity contribution in [2.24, 2.45) is 0 Å². The Morgan fingerprint density at radius 2 is 1.96 bits per heavy atom. The van der Waals surface area contributed by atoms with Gasteiger partial charge in [-0.3, -0.25) is 0 Å². The van der Waals surface area contributed by atoms with Crippen LogP contribution in [0.2, 0.25) is 0 Å². The summed E-state index contributed by atoms with van der Waals surface area (Å²) < 4.78 is 81.1. The van der Waals surface area contributed by atoms with Crippen LogP contribution in [0.25, 0.3) is 0 Å². The van der Waals surface area contributed by atoms with Crippen LogP contribution in [-0.2, 0) is 21.4 Å². The fourth-order valence-electron chi connectivity index (χ4n) is 2.37. The van der Waals surface area contributed by atoms with Crippen LogP contribution in [0.15, 0.2) is 29.2 Å². The summed E-state index contributed by atoms with van der Waals surface area (Å²) in [6, 6.07) is 5.68. The number of hydrogen-bond acceptors (Lipinski definition) is 4. The van der Waals surface area contributed by atoms with Gasteiger partial charge in [-0.1, -0.05) is 12.1 Å². The minimum absolute atomic E-state index is 0. The lowest BCUT2D eigenvalue weighted by molar-refractivity contribution is -0.168. The van der Waals surface area contributed by atoms with Crippen LogP contribution >= 0.6 is 12.4 Å². The van der Waals surface area contributed by atoms with Gasteiger partial charge in [-0.15, -0.1) is 12.4 Å². The first kappa shape index (κ1) is 23.1. The second-order valence-electron chi connectivity index (χ2n) is 5.71. The van der Waals surface area contributed by atoms with Gasteiger partial charge in [0.05, 0.1) is 11.5 Å². The molecule has 150 valence electrons. The molecule has 0 bridgehead atoms. The largest absolute Gasteiger partial charge is 0.370 e. The van der Waals surface area contributed by atoms with E-state index in [1.54, 1.807) is 0 Å². The number of rotatable bonds is 7. The van der Waals surface area contributed by atoms with Gasteiger partial charge in [-0.2, -0.15) is 13.1 Å². The summed E-state index contributed by atoms with van der Waals surface area (Å²) >= 11 is 0. The summed E-state index contributed by atoms with van der Waals surface area (Å²) in [6.45, 7) is 0.190. The number of ether oxygens (including phenoxy) is 1. The van der Waals surface area contributed by atoms with Crippen LogP contribution in [0.1, 0.15) is 12.0 Å². The van der Waals surface area contributed by atoms with Gasteiger partial charge < -0.3 is 10.1 Å². The molecule has 0 amide bonds. The Balaban J connectivity index is 0.00000338. The summed E-state index contributed by atoms with van der Waals surface area (Å²) in [5.41, 5.74) is 0.319. The highest BCUT2D eigenvalue weighted by molar-refractivity contribution is 7.89. The molecule has 1 aromatic carbocycles. The van der Waals surface area contributed by atoms with Crippen LogP contribution in [-0.4, -0.2) is 57.9 Å². The molecule has 0 spiro atoms. The molecule has 1 aliphatic heterocycles. The Kier molecular flexibility index (Phi) is 8.74. The Hall–Kier alpha value is -0.940. The zero-order valence-corrected chi connectivity index (χ0v) is 15.5. The van der Waals surface area contributed by atoms with Crippen molar-refractivity contribution in [1.29, 1.82) is 0 Å². The smallest absolute Gasteiger partial charge is 0.330 e. The van der Waals surface area contributed by atoms with E-state index in [9.17, 15) is 26.0 Å². The molecule has 0 aromatic heterocycles. The Morgan fingerprint density at radius 1 is 1.23 bits per heavy atom. The third-order valence-corrected chi connectivity index (χ3v) is 5.61. The summed E-state index contributed by atoms with van der Waals surface area (Å²) in [5.74, 6) is -4.23.